The number of anilines is 3. The van der Waals surface area contributed by atoms with Crippen LogP contribution in [0.4, 0.5) is 21.9 Å². The van der Waals surface area contributed by atoms with Crippen LogP contribution in [0.15, 0.2) is 42.5 Å². The highest BCUT2D eigenvalue weighted by Crippen LogP contribution is 2.29. The minimum Gasteiger partial charge on any atom is -0.376 e. The number of piperidine rings is 1. The molecular formula is C27H36N4O3. The van der Waals surface area contributed by atoms with Crippen molar-refractivity contribution in [3.05, 3.63) is 53.6 Å². The number of carbonyl (C=O) groups is 2. The van der Waals surface area contributed by atoms with Crippen molar-refractivity contribution in [1.82, 2.24) is 5.32 Å². The van der Waals surface area contributed by atoms with Crippen molar-refractivity contribution in [2.24, 2.45) is 5.92 Å². The average molecular weight is 465 g/mol. The van der Waals surface area contributed by atoms with Gasteiger partial charge in [-0.2, -0.15) is 0 Å². The summed E-state index contributed by atoms with van der Waals surface area (Å²) in [6.07, 6.45) is 5.25. The van der Waals surface area contributed by atoms with E-state index < -0.39 is 0 Å². The van der Waals surface area contributed by atoms with E-state index in [2.05, 4.69) is 34.7 Å². The van der Waals surface area contributed by atoms with Crippen molar-refractivity contribution in [3.63, 3.8) is 0 Å². The van der Waals surface area contributed by atoms with Crippen LogP contribution < -0.4 is 20.9 Å². The van der Waals surface area contributed by atoms with Gasteiger partial charge < -0.3 is 25.6 Å². The van der Waals surface area contributed by atoms with Gasteiger partial charge in [-0.25, -0.2) is 4.79 Å². The first-order valence-corrected chi connectivity index (χ1v) is 12.5. The standard InChI is InChI=1S/C27H36N4O3/c1-3-20-6-8-21(9-7-20)29-27(33)30-22-10-11-25(31-14-12-19(2)13-15-31)24(17-22)26(32)28-18-23-5-4-16-34-23/h6-11,17,19,23H,3-5,12-16,18H2,1-2H3,(H,28,32)(H2,29,30,33)/t23-/m0/s1. The lowest BCUT2D eigenvalue weighted by Gasteiger charge is -2.33. The van der Waals surface area contributed by atoms with Crippen molar-refractivity contribution in [1.29, 1.82) is 0 Å². The maximum Gasteiger partial charge on any atom is 0.323 e. The average Bonchev–Trinajstić information content (AvgIpc) is 3.37. The van der Waals surface area contributed by atoms with E-state index in [0.717, 1.165) is 63.2 Å². The number of hydrogen-bond donors (Lipinski definition) is 3. The molecule has 2 aromatic carbocycles. The molecule has 182 valence electrons. The maximum absolute atomic E-state index is 13.2. The number of urea groups is 1. The summed E-state index contributed by atoms with van der Waals surface area (Å²) in [4.78, 5) is 28.1. The van der Waals surface area contributed by atoms with Crippen LogP contribution >= 0.6 is 0 Å². The van der Waals surface area contributed by atoms with E-state index in [1.807, 2.05) is 36.4 Å². The van der Waals surface area contributed by atoms with Crippen molar-refractivity contribution in [2.75, 3.05) is 41.8 Å². The number of benzene rings is 2. The zero-order chi connectivity index (χ0) is 23.9. The van der Waals surface area contributed by atoms with Gasteiger partial charge in [-0.05, 0) is 73.9 Å². The normalized spacial score (nSPS) is 18.5. The van der Waals surface area contributed by atoms with Crippen LogP contribution in [0.3, 0.4) is 0 Å². The molecule has 0 aromatic heterocycles. The van der Waals surface area contributed by atoms with Gasteiger partial charge >= 0.3 is 6.03 Å². The van der Waals surface area contributed by atoms with Crippen LogP contribution in [-0.2, 0) is 11.2 Å². The molecule has 3 N–H and O–H groups in total. The second-order valence-corrected chi connectivity index (χ2v) is 9.38. The Labute approximate surface area is 202 Å². The fourth-order valence-electron chi connectivity index (χ4n) is 4.55. The van der Waals surface area contributed by atoms with Gasteiger partial charge in [0.1, 0.15) is 0 Å². The summed E-state index contributed by atoms with van der Waals surface area (Å²) in [6.45, 7) is 7.48. The highest BCUT2D eigenvalue weighted by Gasteiger charge is 2.23. The Kier molecular flexibility index (Phi) is 8.06. The molecule has 1 atom stereocenters. The van der Waals surface area contributed by atoms with Gasteiger partial charge in [-0.1, -0.05) is 26.0 Å². The fourth-order valence-corrected chi connectivity index (χ4v) is 4.55. The molecule has 2 heterocycles. The topological polar surface area (TPSA) is 82.7 Å². The van der Waals surface area contributed by atoms with Crippen molar-refractivity contribution in [2.45, 2.75) is 52.1 Å². The third-order valence-electron chi connectivity index (χ3n) is 6.76. The summed E-state index contributed by atoms with van der Waals surface area (Å²) in [5, 5.41) is 8.77. The fraction of sp³-hybridized carbons (Fsp3) is 0.481. The SMILES string of the molecule is CCc1ccc(NC(=O)Nc2ccc(N3CCC(C)CC3)c(C(=O)NC[C@@H]3CCCO3)c2)cc1. The number of carbonyl (C=O) groups excluding carboxylic acids is 2. The third-order valence-corrected chi connectivity index (χ3v) is 6.76. The quantitative estimate of drug-likeness (QED) is 0.536. The summed E-state index contributed by atoms with van der Waals surface area (Å²) in [5.41, 5.74) is 4.02. The number of amides is 3. The monoisotopic (exact) mass is 464 g/mol. The predicted octanol–water partition coefficient (Wildman–Crippen LogP) is 5.04. The first-order chi connectivity index (χ1) is 16.5. The van der Waals surface area contributed by atoms with Crippen LogP contribution in [-0.4, -0.2) is 44.3 Å². The van der Waals surface area contributed by atoms with E-state index in [-0.39, 0.29) is 18.0 Å². The minimum absolute atomic E-state index is 0.0782. The lowest BCUT2D eigenvalue weighted by Crippen LogP contribution is -2.36. The molecule has 7 nitrogen and oxygen atoms in total. The molecule has 0 saturated carbocycles. The van der Waals surface area contributed by atoms with E-state index in [0.29, 0.717) is 23.7 Å². The first-order valence-electron chi connectivity index (χ1n) is 12.5. The van der Waals surface area contributed by atoms with Gasteiger partial charge in [0.25, 0.3) is 5.91 Å². The van der Waals surface area contributed by atoms with Gasteiger partial charge in [0.2, 0.25) is 0 Å². The zero-order valence-electron chi connectivity index (χ0n) is 20.2. The molecule has 7 heteroatoms. The number of rotatable bonds is 7. The van der Waals surface area contributed by atoms with Crippen LogP contribution in [0.25, 0.3) is 0 Å². The molecule has 2 aliphatic rings. The summed E-state index contributed by atoms with van der Waals surface area (Å²) in [6, 6.07) is 13.0. The smallest absolute Gasteiger partial charge is 0.323 e. The maximum atomic E-state index is 13.2. The molecule has 0 aliphatic carbocycles. The molecule has 2 saturated heterocycles. The molecule has 3 amide bonds. The summed E-state index contributed by atoms with van der Waals surface area (Å²) < 4.78 is 5.65. The van der Waals surface area contributed by atoms with E-state index in [9.17, 15) is 9.59 Å². The number of nitrogens with one attached hydrogen (secondary N) is 3. The van der Waals surface area contributed by atoms with E-state index in [1.165, 1.54) is 5.56 Å². The van der Waals surface area contributed by atoms with Gasteiger partial charge in [0.15, 0.2) is 0 Å². The molecule has 0 radical (unpaired) electrons. The molecule has 2 aromatic rings. The Morgan fingerprint density at radius 1 is 1.00 bits per heavy atom. The Morgan fingerprint density at radius 3 is 2.38 bits per heavy atom. The second-order valence-electron chi connectivity index (χ2n) is 9.38. The molecule has 2 fully saturated rings. The lowest BCUT2D eigenvalue weighted by atomic mass is 9.97. The number of hydrogen-bond acceptors (Lipinski definition) is 4. The highest BCUT2D eigenvalue weighted by molar-refractivity contribution is 6.04. The van der Waals surface area contributed by atoms with Crippen molar-refractivity contribution < 1.29 is 14.3 Å². The van der Waals surface area contributed by atoms with Gasteiger partial charge in [0.05, 0.1) is 11.7 Å². The minimum atomic E-state index is -0.338. The largest absolute Gasteiger partial charge is 0.376 e. The predicted molar refractivity (Wildman–Crippen MR) is 137 cm³/mol. The van der Waals surface area contributed by atoms with Crippen LogP contribution in [0, 0.1) is 5.92 Å². The number of aryl methyl sites for hydroxylation is 1. The molecule has 4 rings (SSSR count). The molecule has 0 spiro atoms. The molecule has 0 bridgehead atoms. The molecular weight excluding hydrogens is 428 g/mol. The van der Waals surface area contributed by atoms with Gasteiger partial charge in [0, 0.05) is 43.3 Å². The van der Waals surface area contributed by atoms with Gasteiger partial charge in [-0.15, -0.1) is 0 Å². The van der Waals surface area contributed by atoms with Crippen LogP contribution in [0.1, 0.15) is 55.5 Å². The number of nitrogens with zero attached hydrogens (tertiary/aromatic N) is 1. The molecule has 0 unspecified atom stereocenters. The zero-order valence-corrected chi connectivity index (χ0v) is 20.2. The highest BCUT2D eigenvalue weighted by atomic mass is 16.5. The first kappa shape index (κ1) is 24.1. The van der Waals surface area contributed by atoms with E-state index >= 15 is 0 Å². The summed E-state index contributed by atoms with van der Waals surface area (Å²) in [7, 11) is 0. The Morgan fingerprint density at radius 2 is 1.71 bits per heavy atom. The van der Waals surface area contributed by atoms with Crippen LogP contribution in [0.2, 0.25) is 0 Å². The molecule has 34 heavy (non-hydrogen) atoms. The summed E-state index contributed by atoms with van der Waals surface area (Å²) in [5.74, 6) is 0.562. The van der Waals surface area contributed by atoms with Crippen LogP contribution in [0.5, 0.6) is 0 Å². The van der Waals surface area contributed by atoms with Crippen molar-refractivity contribution >= 4 is 29.0 Å². The number of ether oxygens (including phenoxy) is 1. The Hall–Kier alpha value is -3.06. The lowest BCUT2D eigenvalue weighted by molar-refractivity contribution is 0.0858. The Balaban J connectivity index is 1.47. The second kappa shape index (κ2) is 11.4. The third kappa shape index (κ3) is 6.29. The molecule has 2 aliphatic heterocycles. The van der Waals surface area contributed by atoms with Crippen molar-refractivity contribution in [3.8, 4) is 0 Å². The Bertz CT molecular complexity index is 978. The van der Waals surface area contributed by atoms with E-state index in [4.69, 9.17) is 4.74 Å². The van der Waals surface area contributed by atoms with Gasteiger partial charge in [-0.3, -0.25) is 4.79 Å². The summed E-state index contributed by atoms with van der Waals surface area (Å²) >= 11 is 0. The van der Waals surface area contributed by atoms with E-state index in [1.54, 1.807) is 6.07 Å².